The van der Waals surface area contributed by atoms with Crippen molar-refractivity contribution in [3.8, 4) is 0 Å². The van der Waals surface area contributed by atoms with Crippen LogP contribution in [-0.4, -0.2) is 27.3 Å². The molecule has 34 heavy (non-hydrogen) atoms. The molecule has 2 amide bonds. The third-order valence-corrected chi connectivity index (χ3v) is 5.81. The maximum absolute atomic E-state index is 12.9. The second-order valence-electron chi connectivity index (χ2n) is 7.42. The number of rotatable bonds is 7. The van der Waals surface area contributed by atoms with Crippen molar-refractivity contribution in [1.29, 1.82) is 0 Å². The molecule has 0 bridgehead atoms. The average molecular weight is 518 g/mol. The minimum Gasteiger partial charge on any atom is -0.387 e. The quantitative estimate of drug-likeness (QED) is 0.417. The van der Waals surface area contributed by atoms with E-state index >= 15 is 0 Å². The van der Waals surface area contributed by atoms with Gasteiger partial charge in [-0.1, -0.05) is 64.2 Å². The van der Waals surface area contributed by atoms with E-state index in [2.05, 4.69) is 20.8 Å². The highest BCUT2D eigenvalue weighted by Crippen LogP contribution is 2.34. The summed E-state index contributed by atoms with van der Waals surface area (Å²) in [5.74, 6) is -0.821. The molecule has 1 aromatic heterocycles. The largest absolute Gasteiger partial charge is 0.387 e. The number of halogens is 3. The van der Waals surface area contributed by atoms with E-state index in [9.17, 15) is 9.59 Å². The zero-order valence-electron chi connectivity index (χ0n) is 17.7. The molecule has 0 radical (unpaired) electrons. The Labute approximate surface area is 211 Å². The van der Waals surface area contributed by atoms with Crippen LogP contribution in [0.15, 0.2) is 72.0 Å². The van der Waals surface area contributed by atoms with Gasteiger partial charge < -0.3 is 15.5 Å². The van der Waals surface area contributed by atoms with Crippen molar-refractivity contribution in [3.63, 3.8) is 0 Å². The topological polar surface area (TPSA) is 92.7 Å². The normalized spacial score (nSPS) is 14.9. The number of amides is 2. The molecule has 1 unspecified atom stereocenters. The molecule has 2 aromatic carbocycles. The Bertz CT molecular complexity index is 1240. The predicted octanol–water partition coefficient (Wildman–Crippen LogP) is 5.27. The van der Waals surface area contributed by atoms with E-state index < -0.39 is 16.8 Å². The van der Waals surface area contributed by atoms with Crippen LogP contribution in [0.4, 0.5) is 5.69 Å². The summed E-state index contributed by atoms with van der Waals surface area (Å²) in [6.45, 7) is 0.279. The predicted molar refractivity (Wildman–Crippen MR) is 132 cm³/mol. The van der Waals surface area contributed by atoms with Gasteiger partial charge in [0.25, 0.3) is 11.8 Å². The number of hydrogen-bond donors (Lipinski definition) is 2. The smallest absolute Gasteiger partial charge is 0.257 e. The molecule has 0 saturated heterocycles. The fourth-order valence-electron chi connectivity index (χ4n) is 3.49. The number of carbonyl (C=O) groups excluding carboxylic acids is 2. The SMILES string of the molecule is O=C(NCc1ccccn1)c1cccc(Cl)c1C1=NOC(c2cccc(NC(=O)C(Cl)Cl)c2)C1. The number of carbonyl (C=O) groups is 2. The first-order chi connectivity index (χ1) is 16.4. The van der Waals surface area contributed by atoms with Crippen LogP contribution in [-0.2, 0) is 16.2 Å². The zero-order valence-corrected chi connectivity index (χ0v) is 19.9. The van der Waals surface area contributed by atoms with Crippen LogP contribution < -0.4 is 10.6 Å². The van der Waals surface area contributed by atoms with Crippen LogP contribution in [0.2, 0.25) is 5.02 Å². The molecule has 2 heterocycles. The minimum absolute atomic E-state index is 0.279. The van der Waals surface area contributed by atoms with Gasteiger partial charge >= 0.3 is 0 Å². The summed E-state index contributed by atoms with van der Waals surface area (Å²) in [7, 11) is 0. The Morgan fingerprint density at radius 3 is 2.68 bits per heavy atom. The van der Waals surface area contributed by atoms with Gasteiger partial charge in [-0.2, -0.15) is 0 Å². The number of hydrogen-bond acceptors (Lipinski definition) is 5. The van der Waals surface area contributed by atoms with E-state index in [1.807, 2.05) is 24.3 Å². The third-order valence-electron chi connectivity index (χ3n) is 5.10. The van der Waals surface area contributed by atoms with Gasteiger partial charge in [0.1, 0.15) is 0 Å². The highest BCUT2D eigenvalue weighted by molar-refractivity contribution is 6.54. The lowest BCUT2D eigenvalue weighted by Gasteiger charge is -2.13. The van der Waals surface area contributed by atoms with Crippen LogP contribution in [0.1, 0.15) is 39.7 Å². The molecular formula is C24H19Cl3N4O3. The van der Waals surface area contributed by atoms with E-state index in [0.29, 0.717) is 34.0 Å². The minimum atomic E-state index is -1.18. The van der Waals surface area contributed by atoms with Gasteiger partial charge in [0.2, 0.25) is 0 Å². The van der Waals surface area contributed by atoms with Crippen LogP contribution in [0.3, 0.4) is 0 Å². The van der Waals surface area contributed by atoms with E-state index in [1.54, 1.807) is 42.6 Å². The van der Waals surface area contributed by atoms with Crippen molar-refractivity contribution in [1.82, 2.24) is 10.3 Å². The monoisotopic (exact) mass is 516 g/mol. The molecule has 1 aliphatic heterocycles. The first-order valence-electron chi connectivity index (χ1n) is 10.3. The van der Waals surface area contributed by atoms with Crippen LogP contribution in [0.25, 0.3) is 0 Å². The molecule has 0 aliphatic carbocycles. The van der Waals surface area contributed by atoms with E-state index in [-0.39, 0.29) is 12.5 Å². The first kappa shape index (κ1) is 24.0. The molecule has 0 fully saturated rings. The number of pyridine rings is 1. The Balaban J connectivity index is 1.50. The maximum Gasteiger partial charge on any atom is 0.257 e. The van der Waals surface area contributed by atoms with Crippen molar-refractivity contribution < 1.29 is 14.4 Å². The van der Waals surface area contributed by atoms with Crippen molar-refractivity contribution >= 4 is 58.0 Å². The molecule has 0 spiro atoms. The van der Waals surface area contributed by atoms with Gasteiger partial charge in [0.15, 0.2) is 10.9 Å². The molecular weight excluding hydrogens is 499 g/mol. The average Bonchev–Trinajstić information content (AvgIpc) is 3.33. The number of benzene rings is 2. The summed E-state index contributed by atoms with van der Waals surface area (Å²) < 4.78 is 0. The Hall–Kier alpha value is -3.13. The highest BCUT2D eigenvalue weighted by Gasteiger charge is 2.28. The maximum atomic E-state index is 12.9. The molecule has 4 rings (SSSR count). The van der Waals surface area contributed by atoms with Crippen LogP contribution in [0.5, 0.6) is 0 Å². The van der Waals surface area contributed by atoms with Gasteiger partial charge in [-0.05, 0) is 42.0 Å². The van der Waals surface area contributed by atoms with Gasteiger partial charge in [-0.25, -0.2) is 0 Å². The molecule has 3 aromatic rings. The standard InChI is InChI=1S/C24H19Cl3N4O3/c25-18-9-4-8-17(23(32)29-13-16-6-1-2-10-28-16)21(18)19-12-20(34-31-19)14-5-3-7-15(11-14)30-24(33)22(26)27/h1-11,20,22H,12-13H2,(H,29,32)(H,30,33). The number of oxime groups is 1. The van der Waals surface area contributed by atoms with Crippen molar-refractivity contribution in [2.24, 2.45) is 5.16 Å². The highest BCUT2D eigenvalue weighted by atomic mass is 35.5. The summed E-state index contributed by atoms with van der Waals surface area (Å²) in [6, 6.07) is 17.7. The summed E-state index contributed by atoms with van der Waals surface area (Å²) in [5.41, 5.74) is 3.50. The number of nitrogens with zero attached hydrogens (tertiary/aromatic N) is 2. The molecule has 0 saturated carbocycles. The number of aromatic nitrogens is 1. The number of nitrogens with one attached hydrogen (secondary N) is 2. The lowest BCUT2D eigenvalue weighted by molar-refractivity contribution is -0.114. The van der Waals surface area contributed by atoms with Crippen molar-refractivity contribution in [2.75, 3.05) is 5.32 Å². The molecule has 10 heteroatoms. The first-order valence-corrected chi connectivity index (χ1v) is 11.6. The molecule has 1 atom stereocenters. The Morgan fingerprint density at radius 2 is 1.91 bits per heavy atom. The summed E-state index contributed by atoms with van der Waals surface area (Å²) in [4.78, 5) is 33.4. The Kier molecular flexibility index (Phi) is 7.67. The van der Waals surface area contributed by atoms with Crippen LogP contribution in [0, 0.1) is 0 Å². The third kappa shape index (κ3) is 5.67. The fraction of sp³-hybridized carbons (Fsp3) is 0.167. The summed E-state index contributed by atoms with van der Waals surface area (Å²) in [5, 5.41) is 10.1. The molecule has 1 aliphatic rings. The fourth-order valence-corrected chi connectivity index (χ4v) is 3.89. The summed E-state index contributed by atoms with van der Waals surface area (Å²) in [6.07, 6.45) is 1.63. The van der Waals surface area contributed by atoms with Gasteiger partial charge in [0, 0.05) is 23.9 Å². The van der Waals surface area contributed by atoms with E-state index in [0.717, 1.165) is 11.3 Å². The zero-order chi connectivity index (χ0) is 24.1. The van der Waals surface area contributed by atoms with E-state index in [4.69, 9.17) is 39.6 Å². The molecule has 174 valence electrons. The second-order valence-corrected chi connectivity index (χ2v) is 8.92. The van der Waals surface area contributed by atoms with Gasteiger partial charge in [-0.3, -0.25) is 14.6 Å². The number of anilines is 1. The Morgan fingerprint density at radius 1 is 1.09 bits per heavy atom. The van der Waals surface area contributed by atoms with Crippen molar-refractivity contribution in [3.05, 3.63) is 94.3 Å². The summed E-state index contributed by atoms with van der Waals surface area (Å²) >= 11 is 17.7. The van der Waals surface area contributed by atoms with E-state index in [1.165, 1.54) is 0 Å². The lowest BCUT2D eigenvalue weighted by atomic mass is 9.96. The molecule has 7 nitrogen and oxygen atoms in total. The van der Waals surface area contributed by atoms with Crippen LogP contribution >= 0.6 is 34.8 Å². The van der Waals surface area contributed by atoms with Crippen molar-refractivity contribution in [2.45, 2.75) is 23.9 Å². The lowest BCUT2D eigenvalue weighted by Crippen LogP contribution is -2.25. The second kappa shape index (κ2) is 10.9. The van der Waals surface area contributed by atoms with Gasteiger partial charge in [0.05, 0.1) is 28.5 Å². The number of alkyl halides is 2. The van der Waals surface area contributed by atoms with Gasteiger partial charge in [-0.15, -0.1) is 0 Å². The molecule has 2 N–H and O–H groups in total.